The van der Waals surface area contributed by atoms with Crippen molar-refractivity contribution in [3.05, 3.63) is 48.3 Å². The van der Waals surface area contributed by atoms with Crippen LogP contribution < -0.4 is 9.47 Å². The summed E-state index contributed by atoms with van der Waals surface area (Å²) in [6.07, 6.45) is 7.40. The fourth-order valence-electron chi connectivity index (χ4n) is 2.38. The van der Waals surface area contributed by atoms with E-state index in [1.165, 1.54) is 0 Å². The fourth-order valence-corrected chi connectivity index (χ4v) is 2.38. The molecule has 1 aromatic carbocycles. The zero-order chi connectivity index (χ0) is 19.2. The Balaban J connectivity index is 1.80. The van der Waals surface area contributed by atoms with Crippen LogP contribution in [0.15, 0.2) is 48.3 Å². The average molecular weight is 362 g/mol. The molecule has 2 rings (SSSR count). The molecule has 0 heterocycles. The third kappa shape index (κ3) is 7.10. The largest absolute Gasteiger partial charge is 0.491 e. The van der Waals surface area contributed by atoms with Crippen molar-refractivity contribution in [1.29, 1.82) is 0 Å². The quantitative estimate of drug-likeness (QED) is 0.687. The van der Waals surface area contributed by atoms with Gasteiger partial charge in [0.05, 0.1) is 17.8 Å². The Labute approximate surface area is 156 Å². The number of aliphatic hydroxyl groups excluding tert-OH is 1. The SMILES string of the molecule is CCC(C)Oc1ccc(OC(O)OC2=CCC(OC(C)(C)C)C=C2)cc1. The molecule has 5 heteroatoms. The highest BCUT2D eigenvalue weighted by atomic mass is 16.8. The van der Waals surface area contributed by atoms with Gasteiger partial charge in [0.1, 0.15) is 17.3 Å². The highest BCUT2D eigenvalue weighted by molar-refractivity contribution is 5.31. The third-order valence-electron chi connectivity index (χ3n) is 3.74. The maximum Gasteiger partial charge on any atom is 0.358 e. The smallest absolute Gasteiger partial charge is 0.358 e. The first kappa shape index (κ1) is 20.3. The van der Waals surface area contributed by atoms with Gasteiger partial charge in [0, 0.05) is 0 Å². The Hall–Kier alpha value is -1.98. The summed E-state index contributed by atoms with van der Waals surface area (Å²) in [6.45, 7) is 8.77. The van der Waals surface area contributed by atoms with Crippen molar-refractivity contribution in [3.63, 3.8) is 0 Å². The standard InChI is InChI=1S/C21H30O5/c1-6-15(2)23-16-7-9-17(10-8-16)24-20(22)25-18-11-13-19(14-12-18)26-21(3,4)5/h7-13,15,19-20,22H,6,14H2,1-5H3. The molecule has 1 aromatic rings. The van der Waals surface area contributed by atoms with E-state index in [-0.39, 0.29) is 17.8 Å². The maximum absolute atomic E-state index is 9.98. The molecule has 0 radical (unpaired) electrons. The van der Waals surface area contributed by atoms with Crippen LogP contribution in [0.1, 0.15) is 47.5 Å². The molecule has 0 spiro atoms. The van der Waals surface area contributed by atoms with E-state index in [0.717, 1.165) is 12.2 Å². The van der Waals surface area contributed by atoms with Gasteiger partial charge in [-0.05, 0) is 77.0 Å². The molecular formula is C21H30O5. The van der Waals surface area contributed by atoms with E-state index in [2.05, 4.69) is 6.92 Å². The lowest BCUT2D eigenvalue weighted by Gasteiger charge is -2.27. The summed E-state index contributed by atoms with van der Waals surface area (Å²) >= 11 is 0. The van der Waals surface area contributed by atoms with E-state index in [4.69, 9.17) is 18.9 Å². The van der Waals surface area contributed by atoms with Crippen LogP contribution in [0.2, 0.25) is 0 Å². The van der Waals surface area contributed by atoms with Crippen molar-refractivity contribution < 1.29 is 24.1 Å². The van der Waals surface area contributed by atoms with Crippen LogP contribution in [0.25, 0.3) is 0 Å². The molecule has 0 saturated carbocycles. The molecule has 3 unspecified atom stereocenters. The second-order valence-electron chi connectivity index (χ2n) is 7.32. The van der Waals surface area contributed by atoms with E-state index < -0.39 is 6.48 Å². The Morgan fingerprint density at radius 1 is 1.08 bits per heavy atom. The minimum atomic E-state index is -1.38. The van der Waals surface area contributed by atoms with Crippen LogP contribution in [0.5, 0.6) is 11.5 Å². The molecule has 0 bridgehead atoms. The van der Waals surface area contributed by atoms with Gasteiger partial charge in [-0.15, -0.1) is 0 Å². The molecule has 1 N–H and O–H groups in total. The Kier molecular flexibility index (Phi) is 7.12. The predicted molar refractivity (Wildman–Crippen MR) is 101 cm³/mol. The van der Waals surface area contributed by atoms with Crippen LogP contribution >= 0.6 is 0 Å². The molecule has 144 valence electrons. The summed E-state index contributed by atoms with van der Waals surface area (Å²) in [5, 5.41) is 9.98. The minimum Gasteiger partial charge on any atom is -0.491 e. The molecule has 0 saturated heterocycles. The van der Waals surface area contributed by atoms with Crippen molar-refractivity contribution in [2.24, 2.45) is 0 Å². The highest BCUT2D eigenvalue weighted by Crippen LogP contribution is 2.23. The molecule has 0 amide bonds. The summed E-state index contributed by atoms with van der Waals surface area (Å²) in [5.41, 5.74) is -0.200. The summed E-state index contributed by atoms with van der Waals surface area (Å²) in [7, 11) is 0. The third-order valence-corrected chi connectivity index (χ3v) is 3.74. The van der Waals surface area contributed by atoms with Gasteiger partial charge in [-0.1, -0.05) is 13.0 Å². The van der Waals surface area contributed by atoms with Crippen molar-refractivity contribution in [2.75, 3.05) is 0 Å². The monoisotopic (exact) mass is 362 g/mol. The normalized spacial score (nSPS) is 19.5. The average Bonchev–Trinajstić information content (AvgIpc) is 2.57. The van der Waals surface area contributed by atoms with E-state index >= 15 is 0 Å². The van der Waals surface area contributed by atoms with Gasteiger partial charge in [-0.25, -0.2) is 0 Å². The topological polar surface area (TPSA) is 57.2 Å². The summed E-state index contributed by atoms with van der Waals surface area (Å²) < 4.78 is 22.4. The van der Waals surface area contributed by atoms with Crippen LogP contribution in [0, 0.1) is 0 Å². The number of ether oxygens (including phenoxy) is 4. The fraction of sp³-hybridized carbons (Fsp3) is 0.524. The molecule has 1 aliphatic carbocycles. The van der Waals surface area contributed by atoms with Crippen LogP contribution in [0.3, 0.4) is 0 Å². The van der Waals surface area contributed by atoms with Gasteiger partial charge >= 0.3 is 6.48 Å². The van der Waals surface area contributed by atoms with Crippen LogP contribution in [-0.4, -0.2) is 29.4 Å². The first-order valence-corrected chi connectivity index (χ1v) is 9.09. The van der Waals surface area contributed by atoms with Gasteiger partial charge < -0.3 is 24.1 Å². The van der Waals surface area contributed by atoms with Crippen LogP contribution in [-0.2, 0) is 9.47 Å². The van der Waals surface area contributed by atoms with Crippen molar-refractivity contribution >= 4 is 0 Å². The van der Waals surface area contributed by atoms with Gasteiger partial charge in [-0.2, -0.15) is 0 Å². The van der Waals surface area contributed by atoms with E-state index in [9.17, 15) is 5.11 Å². The van der Waals surface area contributed by atoms with Crippen molar-refractivity contribution in [2.45, 2.75) is 71.7 Å². The van der Waals surface area contributed by atoms with E-state index in [0.29, 0.717) is 17.9 Å². The summed E-state index contributed by atoms with van der Waals surface area (Å²) in [4.78, 5) is 0. The summed E-state index contributed by atoms with van der Waals surface area (Å²) in [5.74, 6) is 1.83. The minimum absolute atomic E-state index is 0.0125. The Morgan fingerprint density at radius 3 is 2.19 bits per heavy atom. The zero-order valence-electron chi connectivity index (χ0n) is 16.3. The first-order valence-electron chi connectivity index (χ1n) is 9.09. The second kappa shape index (κ2) is 9.10. The molecular weight excluding hydrogens is 332 g/mol. The lowest BCUT2D eigenvalue weighted by Crippen LogP contribution is -2.27. The number of hydrogen-bond donors (Lipinski definition) is 1. The molecule has 1 aliphatic rings. The molecule has 5 nitrogen and oxygen atoms in total. The molecule has 0 aromatic heterocycles. The highest BCUT2D eigenvalue weighted by Gasteiger charge is 2.19. The molecule has 3 atom stereocenters. The summed E-state index contributed by atoms with van der Waals surface area (Å²) in [6, 6.07) is 7.09. The Bertz CT molecular complexity index is 612. The number of rotatable bonds is 8. The zero-order valence-corrected chi connectivity index (χ0v) is 16.3. The number of allylic oxidation sites excluding steroid dienone is 1. The van der Waals surface area contributed by atoms with Gasteiger partial charge in [0.15, 0.2) is 0 Å². The van der Waals surface area contributed by atoms with Gasteiger partial charge in [-0.3, -0.25) is 0 Å². The van der Waals surface area contributed by atoms with Gasteiger partial charge in [0.25, 0.3) is 0 Å². The van der Waals surface area contributed by atoms with Crippen molar-refractivity contribution in [1.82, 2.24) is 0 Å². The molecule has 26 heavy (non-hydrogen) atoms. The second-order valence-corrected chi connectivity index (χ2v) is 7.32. The maximum atomic E-state index is 9.98. The van der Waals surface area contributed by atoms with E-state index in [1.807, 2.05) is 52.0 Å². The lowest BCUT2D eigenvalue weighted by atomic mass is 10.1. The number of aliphatic hydroxyl groups is 1. The Morgan fingerprint density at radius 2 is 1.69 bits per heavy atom. The number of benzene rings is 1. The van der Waals surface area contributed by atoms with Crippen LogP contribution in [0.4, 0.5) is 0 Å². The van der Waals surface area contributed by atoms with Crippen molar-refractivity contribution in [3.8, 4) is 11.5 Å². The number of hydrogen-bond acceptors (Lipinski definition) is 5. The molecule has 0 aliphatic heterocycles. The van der Waals surface area contributed by atoms with Gasteiger partial charge in [0.2, 0.25) is 0 Å². The predicted octanol–water partition coefficient (Wildman–Crippen LogP) is 4.56. The molecule has 0 fully saturated rings. The van der Waals surface area contributed by atoms with E-state index in [1.54, 1.807) is 18.2 Å². The lowest BCUT2D eigenvalue weighted by molar-refractivity contribution is -0.191. The first-order chi connectivity index (χ1) is 12.2.